The van der Waals surface area contributed by atoms with Crippen LogP contribution in [-0.4, -0.2) is 33.8 Å². The highest BCUT2D eigenvalue weighted by atomic mass is 32.2. The summed E-state index contributed by atoms with van der Waals surface area (Å²) in [7, 11) is 0. The molecule has 0 fully saturated rings. The quantitative estimate of drug-likeness (QED) is 0.636. The molecule has 0 aliphatic rings. The number of aromatic carboxylic acids is 1. The van der Waals surface area contributed by atoms with Crippen LogP contribution >= 0.6 is 23.5 Å². The third kappa shape index (κ3) is 4.24. The maximum Gasteiger partial charge on any atom is 0.338 e. The van der Waals surface area contributed by atoms with Gasteiger partial charge < -0.3 is 5.11 Å². The summed E-state index contributed by atoms with van der Waals surface area (Å²) >= 11 is 3.34. The lowest BCUT2D eigenvalue weighted by molar-refractivity contribution is 0.0691. The van der Waals surface area contributed by atoms with Crippen molar-refractivity contribution in [1.82, 2.24) is 4.98 Å². The van der Waals surface area contributed by atoms with Crippen molar-refractivity contribution in [3.63, 3.8) is 0 Å². The molecule has 1 N–H and O–H groups in total. The Labute approximate surface area is 110 Å². The van der Waals surface area contributed by atoms with E-state index in [1.165, 1.54) is 11.8 Å². The first-order valence-electron chi connectivity index (χ1n) is 5.39. The van der Waals surface area contributed by atoms with Gasteiger partial charge in [0, 0.05) is 11.4 Å². The lowest BCUT2D eigenvalue weighted by Crippen LogP contribution is -2.05. The van der Waals surface area contributed by atoms with Crippen molar-refractivity contribution in [3.05, 3.63) is 22.9 Å². The molecule has 0 atom stereocenters. The smallest absolute Gasteiger partial charge is 0.338 e. The zero-order chi connectivity index (χ0) is 12.8. The normalized spacial score (nSPS) is 10.5. The highest BCUT2D eigenvalue weighted by molar-refractivity contribution is 7.99. The van der Waals surface area contributed by atoms with E-state index in [4.69, 9.17) is 0 Å². The zero-order valence-corrected chi connectivity index (χ0v) is 12.0. The van der Waals surface area contributed by atoms with Crippen molar-refractivity contribution >= 4 is 29.5 Å². The maximum atomic E-state index is 11.2. The number of aryl methyl sites for hydroxylation is 2. The van der Waals surface area contributed by atoms with E-state index in [1.807, 2.05) is 19.9 Å². The molecule has 0 amide bonds. The largest absolute Gasteiger partial charge is 0.478 e. The number of nitrogens with zero attached hydrogens (tertiary/aromatic N) is 1. The minimum Gasteiger partial charge on any atom is -0.478 e. The lowest BCUT2D eigenvalue weighted by Gasteiger charge is -2.09. The number of thioether (sulfide) groups is 2. The average Bonchev–Trinajstić information content (AvgIpc) is 2.22. The molecular weight excluding hydrogens is 254 g/mol. The van der Waals surface area contributed by atoms with Crippen molar-refractivity contribution in [2.75, 3.05) is 17.8 Å². The molecule has 17 heavy (non-hydrogen) atoms. The fourth-order valence-electron chi connectivity index (χ4n) is 1.54. The Bertz CT molecular complexity index is 408. The topological polar surface area (TPSA) is 50.2 Å². The molecule has 0 spiro atoms. The molecule has 0 aliphatic heterocycles. The monoisotopic (exact) mass is 271 g/mol. The summed E-state index contributed by atoms with van der Waals surface area (Å²) in [5, 5.41) is 9.83. The van der Waals surface area contributed by atoms with Gasteiger partial charge in [-0.1, -0.05) is 0 Å². The summed E-state index contributed by atoms with van der Waals surface area (Å²) < 4.78 is 0. The first-order valence-corrected chi connectivity index (χ1v) is 7.77. The lowest BCUT2D eigenvalue weighted by atomic mass is 10.1. The molecule has 5 heteroatoms. The Hall–Kier alpha value is -0.680. The van der Waals surface area contributed by atoms with Crippen molar-refractivity contribution in [2.45, 2.75) is 25.3 Å². The van der Waals surface area contributed by atoms with Crippen LogP contribution in [0.2, 0.25) is 0 Å². The third-order valence-electron chi connectivity index (χ3n) is 2.26. The van der Waals surface area contributed by atoms with E-state index in [1.54, 1.807) is 11.8 Å². The number of pyridine rings is 1. The number of carboxylic acid groups (broad SMARTS) is 1. The van der Waals surface area contributed by atoms with Crippen LogP contribution in [-0.2, 0) is 0 Å². The predicted octanol–water partition coefficient (Wildman–Crippen LogP) is 3.24. The van der Waals surface area contributed by atoms with Gasteiger partial charge in [-0.15, -0.1) is 11.8 Å². The second kappa shape index (κ2) is 6.91. The standard InChI is InChI=1S/C12H17NO2S2/c1-8-7-9(2)13-11(10(8)12(14)15)17-6-4-5-16-3/h7H,4-6H2,1-3H3,(H,14,15). The van der Waals surface area contributed by atoms with Gasteiger partial charge in [0.25, 0.3) is 0 Å². The van der Waals surface area contributed by atoms with Crippen LogP contribution in [0.5, 0.6) is 0 Å². The highest BCUT2D eigenvalue weighted by Crippen LogP contribution is 2.25. The fraction of sp³-hybridized carbons (Fsp3) is 0.500. The van der Waals surface area contributed by atoms with Gasteiger partial charge in [0.05, 0.1) is 5.56 Å². The fourth-order valence-corrected chi connectivity index (χ4v) is 3.24. The second-order valence-electron chi connectivity index (χ2n) is 3.76. The summed E-state index contributed by atoms with van der Waals surface area (Å²) in [6, 6.07) is 1.81. The van der Waals surface area contributed by atoms with E-state index in [2.05, 4.69) is 11.2 Å². The minimum absolute atomic E-state index is 0.352. The molecule has 0 saturated carbocycles. The Morgan fingerprint density at radius 3 is 2.71 bits per heavy atom. The van der Waals surface area contributed by atoms with Crippen molar-refractivity contribution in [2.24, 2.45) is 0 Å². The van der Waals surface area contributed by atoms with E-state index in [0.29, 0.717) is 10.6 Å². The Morgan fingerprint density at radius 2 is 2.12 bits per heavy atom. The van der Waals surface area contributed by atoms with E-state index in [0.717, 1.165) is 29.2 Å². The molecule has 0 unspecified atom stereocenters. The van der Waals surface area contributed by atoms with Crippen LogP contribution < -0.4 is 0 Å². The van der Waals surface area contributed by atoms with Crippen LogP contribution in [0.25, 0.3) is 0 Å². The first kappa shape index (κ1) is 14.4. The average molecular weight is 271 g/mol. The summed E-state index contributed by atoms with van der Waals surface area (Å²) in [5.74, 6) is 1.12. The number of carbonyl (C=O) groups is 1. The van der Waals surface area contributed by atoms with Gasteiger partial charge in [0.15, 0.2) is 0 Å². The van der Waals surface area contributed by atoms with Gasteiger partial charge in [-0.2, -0.15) is 11.8 Å². The van der Waals surface area contributed by atoms with Gasteiger partial charge in [-0.05, 0) is 43.9 Å². The Morgan fingerprint density at radius 1 is 1.41 bits per heavy atom. The van der Waals surface area contributed by atoms with Crippen LogP contribution in [0.1, 0.15) is 28.0 Å². The van der Waals surface area contributed by atoms with Crippen molar-refractivity contribution < 1.29 is 9.90 Å². The van der Waals surface area contributed by atoms with Crippen LogP contribution in [0.4, 0.5) is 0 Å². The van der Waals surface area contributed by atoms with Gasteiger partial charge >= 0.3 is 5.97 Å². The van der Waals surface area contributed by atoms with Crippen LogP contribution in [0, 0.1) is 13.8 Å². The molecule has 0 saturated heterocycles. The third-order valence-corrected chi connectivity index (χ3v) is 4.02. The SMILES string of the molecule is CSCCCSc1nc(C)cc(C)c1C(=O)O. The van der Waals surface area contributed by atoms with Crippen LogP contribution in [0.3, 0.4) is 0 Å². The van der Waals surface area contributed by atoms with Gasteiger partial charge in [0.2, 0.25) is 0 Å². The van der Waals surface area contributed by atoms with Crippen LogP contribution in [0.15, 0.2) is 11.1 Å². The van der Waals surface area contributed by atoms with E-state index < -0.39 is 5.97 Å². The van der Waals surface area contributed by atoms with Gasteiger partial charge in [-0.25, -0.2) is 9.78 Å². The zero-order valence-electron chi connectivity index (χ0n) is 10.3. The highest BCUT2D eigenvalue weighted by Gasteiger charge is 2.15. The molecule has 1 aromatic heterocycles. The number of aromatic nitrogens is 1. The minimum atomic E-state index is -0.887. The second-order valence-corrected chi connectivity index (χ2v) is 5.83. The summed E-state index contributed by atoms with van der Waals surface area (Å²) in [5.41, 5.74) is 2.02. The number of rotatable bonds is 6. The first-order chi connectivity index (χ1) is 8.06. The molecule has 1 aromatic rings. The predicted molar refractivity (Wildman–Crippen MR) is 74.4 cm³/mol. The number of hydrogen-bond acceptors (Lipinski definition) is 4. The maximum absolute atomic E-state index is 11.2. The molecule has 1 heterocycles. The van der Waals surface area contributed by atoms with Gasteiger partial charge in [0.1, 0.15) is 5.03 Å². The molecular formula is C12H17NO2S2. The molecule has 0 radical (unpaired) electrons. The summed E-state index contributed by atoms with van der Waals surface area (Å²) in [4.78, 5) is 15.5. The Kier molecular flexibility index (Phi) is 5.85. The van der Waals surface area contributed by atoms with Crippen molar-refractivity contribution in [1.29, 1.82) is 0 Å². The summed E-state index contributed by atoms with van der Waals surface area (Å²) in [6.07, 6.45) is 3.14. The number of carboxylic acids is 1. The summed E-state index contributed by atoms with van der Waals surface area (Å²) in [6.45, 7) is 3.72. The molecule has 0 bridgehead atoms. The molecule has 0 aliphatic carbocycles. The van der Waals surface area contributed by atoms with E-state index in [-0.39, 0.29) is 0 Å². The molecule has 94 valence electrons. The van der Waals surface area contributed by atoms with E-state index >= 15 is 0 Å². The van der Waals surface area contributed by atoms with Gasteiger partial charge in [-0.3, -0.25) is 0 Å². The molecule has 1 rings (SSSR count). The molecule has 3 nitrogen and oxygen atoms in total. The van der Waals surface area contributed by atoms with Crippen molar-refractivity contribution in [3.8, 4) is 0 Å². The number of hydrogen-bond donors (Lipinski definition) is 1. The molecule has 0 aromatic carbocycles. The Balaban J connectivity index is 2.85. The van der Waals surface area contributed by atoms with E-state index in [9.17, 15) is 9.90 Å².